The molecule has 0 heterocycles. The van der Waals surface area contributed by atoms with Crippen molar-refractivity contribution < 1.29 is 19.4 Å². The van der Waals surface area contributed by atoms with E-state index < -0.39 is 5.97 Å². The summed E-state index contributed by atoms with van der Waals surface area (Å²) in [4.78, 5) is 22.6. The molecule has 0 aromatic heterocycles. The number of carboxylic acids is 1. The van der Waals surface area contributed by atoms with Crippen molar-refractivity contribution in [2.45, 2.75) is 12.7 Å². The zero-order valence-corrected chi connectivity index (χ0v) is 14.1. The molecule has 1 amide bonds. The summed E-state index contributed by atoms with van der Waals surface area (Å²) < 4.78 is 5.35. The van der Waals surface area contributed by atoms with E-state index in [1.54, 1.807) is 24.3 Å². The lowest BCUT2D eigenvalue weighted by atomic mass is 10.1. The summed E-state index contributed by atoms with van der Waals surface area (Å²) >= 11 is 1.46. The summed E-state index contributed by atoms with van der Waals surface area (Å²) in [6.45, 7) is 2.52. The van der Waals surface area contributed by atoms with Crippen LogP contribution in [0.3, 0.4) is 0 Å². The van der Waals surface area contributed by atoms with Gasteiger partial charge in [-0.2, -0.15) is 0 Å². The van der Waals surface area contributed by atoms with E-state index in [-0.39, 0.29) is 11.5 Å². The second kappa shape index (κ2) is 8.98. The molecular formula is C18H18NO4S-. The zero-order valence-electron chi connectivity index (χ0n) is 13.3. The maximum absolute atomic E-state index is 11.9. The molecule has 2 aromatic rings. The molecule has 0 aliphatic heterocycles. The molecule has 0 spiro atoms. The standard InChI is InChI=1S/C18H19NO4S/c1-2-23-16-9-7-15(8-10-16)19-17(20)12-24-11-13-3-5-14(6-4-13)18(21)22/h3-10H,2,11-12H2,1H3,(H,19,20)(H,21,22)/p-1. The Balaban J connectivity index is 1.75. The molecule has 0 aliphatic rings. The second-order valence-electron chi connectivity index (χ2n) is 4.98. The molecule has 6 heteroatoms. The Bertz CT molecular complexity index is 683. The van der Waals surface area contributed by atoms with Crippen molar-refractivity contribution in [3.8, 4) is 5.75 Å². The van der Waals surface area contributed by atoms with E-state index in [1.165, 1.54) is 23.9 Å². The first-order valence-electron chi connectivity index (χ1n) is 7.49. The van der Waals surface area contributed by atoms with E-state index in [0.29, 0.717) is 18.1 Å². The Morgan fingerprint density at radius 2 is 1.75 bits per heavy atom. The Morgan fingerprint density at radius 3 is 2.33 bits per heavy atom. The van der Waals surface area contributed by atoms with Gasteiger partial charge >= 0.3 is 0 Å². The van der Waals surface area contributed by atoms with Gasteiger partial charge in [-0.1, -0.05) is 24.3 Å². The van der Waals surface area contributed by atoms with Crippen LogP contribution in [0.4, 0.5) is 5.69 Å². The molecule has 1 N–H and O–H groups in total. The van der Waals surface area contributed by atoms with Crippen molar-refractivity contribution in [3.63, 3.8) is 0 Å². The van der Waals surface area contributed by atoms with Crippen LogP contribution >= 0.6 is 11.8 Å². The van der Waals surface area contributed by atoms with E-state index in [2.05, 4.69) is 5.32 Å². The molecule has 2 rings (SSSR count). The number of hydrogen-bond acceptors (Lipinski definition) is 5. The van der Waals surface area contributed by atoms with Crippen LogP contribution in [-0.4, -0.2) is 24.2 Å². The molecule has 0 saturated heterocycles. The lowest BCUT2D eigenvalue weighted by molar-refractivity contribution is -0.255. The lowest BCUT2D eigenvalue weighted by Gasteiger charge is -2.07. The Morgan fingerprint density at radius 1 is 1.08 bits per heavy atom. The van der Waals surface area contributed by atoms with Gasteiger partial charge in [0.1, 0.15) is 5.75 Å². The van der Waals surface area contributed by atoms with Gasteiger partial charge < -0.3 is 20.0 Å². The van der Waals surface area contributed by atoms with Gasteiger partial charge in [0.15, 0.2) is 0 Å². The number of benzene rings is 2. The highest BCUT2D eigenvalue weighted by atomic mass is 32.2. The van der Waals surface area contributed by atoms with E-state index in [9.17, 15) is 14.7 Å². The second-order valence-corrected chi connectivity index (χ2v) is 5.97. The Hall–Kier alpha value is -2.47. The first kappa shape index (κ1) is 17.9. The number of anilines is 1. The highest BCUT2D eigenvalue weighted by Gasteiger charge is 2.04. The van der Waals surface area contributed by atoms with E-state index in [0.717, 1.165) is 17.0 Å². The fourth-order valence-electron chi connectivity index (χ4n) is 2.00. The normalized spacial score (nSPS) is 10.2. The average Bonchev–Trinajstić information content (AvgIpc) is 2.57. The number of carbonyl (C=O) groups excluding carboxylic acids is 2. The minimum absolute atomic E-state index is 0.0875. The fourth-order valence-corrected chi connectivity index (χ4v) is 2.78. The number of ether oxygens (including phenoxy) is 1. The summed E-state index contributed by atoms with van der Waals surface area (Å²) in [5, 5.41) is 13.5. The number of aromatic carboxylic acids is 1. The van der Waals surface area contributed by atoms with Gasteiger partial charge in [0.2, 0.25) is 5.91 Å². The quantitative estimate of drug-likeness (QED) is 0.795. The monoisotopic (exact) mass is 344 g/mol. The number of thioether (sulfide) groups is 1. The molecule has 24 heavy (non-hydrogen) atoms. The molecule has 0 radical (unpaired) electrons. The summed E-state index contributed by atoms with van der Waals surface area (Å²) in [5.41, 5.74) is 1.83. The van der Waals surface area contributed by atoms with Crippen molar-refractivity contribution in [1.29, 1.82) is 0 Å². The van der Waals surface area contributed by atoms with Crippen LogP contribution in [0.15, 0.2) is 48.5 Å². The highest BCUT2D eigenvalue weighted by Crippen LogP contribution is 2.17. The smallest absolute Gasteiger partial charge is 0.234 e. The van der Waals surface area contributed by atoms with Crippen LogP contribution < -0.4 is 15.2 Å². The summed E-state index contributed by atoms with van der Waals surface area (Å²) in [5.74, 6) is 0.434. The topological polar surface area (TPSA) is 78.5 Å². The SMILES string of the molecule is CCOc1ccc(NC(=O)CSCc2ccc(C(=O)[O-])cc2)cc1. The summed E-state index contributed by atoms with van der Waals surface area (Å²) in [7, 11) is 0. The molecule has 126 valence electrons. The fraction of sp³-hybridized carbons (Fsp3) is 0.222. The van der Waals surface area contributed by atoms with Gasteiger partial charge in [-0.05, 0) is 42.3 Å². The third-order valence-corrected chi connectivity index (χ3v) is 4.14. The first-order valence-corrected chi connectivity index (χ1v) is 8.64. The predicted molar refractivity (Wildman–Crippen MR) is 93.2 cm³/mol. The van der Waals surface area contributed by atoms with E-state index in [4.69, 9.17) is 4.74 Å². The number of carbonyl (C=O) groups is 2. The number of rotatable bonds is 8. The average molecular weight is 344 g/mol. The molecular weight excluding hydrogens is 326 g/mol. The van der Waals surface area contributed by atoms with Crippen LogP contribution in [0.1, 0.15) is 22.8 Å². The Labute approximate surface area is 145 Å². The van der Waals surface area contributed by atoms with Crippen LogP contribution in [0, 0.1) is 0 Å². The maximum atomic E-state index is 11.9. The highest BCUT2D eigenvalue weighted by molar-refractivity contribution is 7.99. The maximum Gasteiger partial charge on any atom is 0.234 e. The molecule has 0 atom stereocenters. The molecule has 0 bridgehead atoms. The van der Waals surface area contributed by atoms with Crippen LogP contribution in [0.5, 0.6) is 5.75 Å². The molecule has 0 aliphatic carbocycles. The van der Waals surface area contributed by atoms with Crippen molar-refractivity contribution in [1.82, 2.24) is 0 Å². The number of amides is 1. The Kier molecular flexibility index (Phi) is 6.69. The van der Waals surface area contributed by atoms with E-state index >= 15 is 0 Å². The van der Waals surface area contributed by atoms with Gasteiger partial charge in [0.05, 0.1) is 18.3 Å². The molecule has 2 aromatic carbocycles. The number of nitrogens with one attached hydrogen (secondary N) is 1. The van der Waals surface area contributed by atoms with Gasteiger partial charge in [-0.15, -0.1) is 11.8 Å². The van der Waals surface area contributed by atoms with Gasteiger partial charge in [-0.25, -0.2) is 0 Å². The minimum atomic E-state index is -1.19. The van der Waals surface area contributed by atoms with Gasteiger partial charge in [-0.3, -0.25) is 4.79 Å². The van der Waals surface area contributed by atoms with Crippen LogP contribution in [0.2, 0.25) is 0 Å². The van der Waals surface area contributed by atoms with Gasteiger partial charge in [0, 0.05) is 11.4 Å². The minimum Gasteiger partial charge on any atom is -0.545 e. The van der Waals surface area contributed by atoms with Crippen LogP contribution in [0.25, 0.3) is 0 Å². The van der Waals surface area contributed by atoms with Crippen molar-refractivity contribution in [3.05, 3.63) is 59.7 Å². The van der Waals surface area contributed by atoms with E-state index in [1.807, 2.05) is 19.1 Å². The largest absolute Gasteiger partial charge is 0.545 e. The summed E-state index contributed by atoms with van der Waals surface area (Å²) in [6.07, 6.45) is 0. The molecule has 0 fully saturated rings. The summed E-state index contributed by atoms with van der Waals surface area (Å²) in [6, 6.07) is 13.7. The zero-order chi connectivity index (χ0) is 17.4. The molecule has 0 saturated carbocycles. The van der Waals surface area contributed by atoms with Gasteiger partial charge in [0.25, 0.3) is 0 Å². The third kappa shape index (κ3) is 5.62. The van der Waals surface area contributed by atoms with Crippen molar-refractivity contribution in [2.24, 2.45) is 0 Å². The third-order valence-electron chi connectivity index (χ3n) is 3.14. The number of hydrogen-bond donors (Lipinski definition) is 1. The molecule has 5 nitrogen and oxygen atoms in total. The van der Waals surface area contributed by atoms with Crippen molar-refractivity contribution >= 4 is 29.3 Å². The van der Waals surface area contributed by atoms with Crippen molar-refractivity contribution in [2.75, 3.05) is 17.7 Å². The van der Waals surface area contributed by atoms with Crippen LogP contribution in [-0.2, 0) is 10.5 Å². The predicted octanol–water partition coefficient (Wildman–Crippen LogP) is 2.32. The lowest BCUT2D eigenvalue weighted by Crippen LogP contribution is -2.21. The molecule has 0 unspecified atom stereocenters. The first-order chi connectivity index (χ1) is 11.6. The number of carboxylic acid groups (broad SMARTS) is 1.